The molecular weight excluding hydrogens is 242 g/mol. The van der Waals surface area contributed by atoms with Gasteiger partial charge in [0.15, 0.2) is 0 Å². The lowest BCUT2D eigenvalue weighted by molar-refractivity contribution is 0.183. The van der Waals surface area contributed by atoms with Crippen LogP contribution in [-0.2, 0) is 13.1 Å². The summed E-state index contributed by atoms with van der Waals surface area (Å²) in [6.07, 6.45) is 3.60. The van der Waals surface area contributed by atoms with E-state index in [2.05, 4.69) is 15.0 Å². The van der Waals surface area contributed by atoms with E-state index < -0.39 is 0 Å². The molecule has 2 aromatic rings. The van der Waals surface area contributed by atoms with Gasteiger partial charge in [-0.1, -0.05) is 11.2 Å². The summed E-state index contributed by atoms with van der Waals surface area (Å²) < 4.78 is 5.17. The largest absolute Gasteiger partial charge is 0.395 e. The van der Waals surface area contributed by atoms with Gasteiger partial charge in [0, 0.05) is 37.6 Å². The highest BCUT2D eigenvalue weighted by Gasteiger charge is 2.14. The van der Waals surface area contributed by atoms with E-state index in [0.29, 0.717) is 6.54 Å². The molecule has 5 nitrogen and oxygen atoms in total. The van der Waals surface area contributed by atoms with Crippen molar-refractivity contribution >= 4 is 0 Å². The van der Waals surface area contributed by atoms with Crippen molar-refractivity contribution in [1.29, 1.82) is 0 Å². The fraction of sp³-hybridized carbons (Fsp3) is 0.429. The highest BCUT2D eigenvalue weighted by Crippen LogP contribution is 2.16. The Hall–Kier alpha value is -1.72. The van der Waals surface area contributed by atoms with E-state index in [1.165, 1.54) is 0 Å². The molecule has 0 unspecified atom stereocenters. The highest BCUT2D eigenvalue weighted by atomic mass is 16.5. The van der Waals surface area contributed by atoms with Crippen molar-refractivity contribution in [2.45, 2.75) is 26.9 Å². The Bertz CT molecular complexity index is 491. The summed E-state index contributed by atoms with van der Waals surface area (Å²) in [5, 5.41) is 13.1. The van der Waals surface area contributed by atoms with Crippen molar-refractivity contribution in [3.8, 4) is 0 Å². The van der Waals surface area contributed by atoms with Crippen LogP contribution in [0.1, 0.15) is 22.6 Å². The Morgan fingerprint density at radius 2 is 2.16 bits per heavy atom. The van der Waals surface area contributed by atoms with Crippen molar-refractivity contribution in [2.75, 3.05) is 13.2 Å². The van der Waals surface area contributed by atoms with Gasteiger partial charge in [-0.15, -0.1) is 0 Å². The first-order valence-corrected chi connectivity index (χ1v) is 6.34. The van der Waals surface area contributed by atoms with Gasteiger partial charge in [-0.3, -0.25) is 9.88 Å². The topological polar surface area (TPSA) is 62.4 Å². The van der Waals surface area contributed by atoms with Crippen LogP contribution >= 0.6 is 0 Å². The second-order valence-electron chi connectivity index (χ2n) is 4.60. The highest BCUT2D eigenvalue weighted by molar-refractivity contribution is 5.20. The number of hydrogen-bond acceptors (Lipinski definition) is 5. The van der Waals surface area contributed by atoms with Crippen molar-refractivity contribution in [1.82, 2.24) is 15.0 Å². The second-order valence-corrected chi connectivity index (χ2v) is 4.60. The van der Waals surface area contributed by atoms with Gasteiger partial charge in [0.25, 0.3) is 0 Å². The van der Waals surface area contributed by atoms with E-state index in [1.807, 2.05) is 32.2 Å². The minimum absolute atomic E-state index is 0.129. The number of rotatable bonds is 6. The summed E-state index contributed by atoms with van der Waals surface area (Å²) in [4.78, 5) is 6.27. The summed E-state index contributed by atoms with van der Waals surface area (Å²) in [5.74, 6) is 0.839. The maximum absolute atomic E-state index is 9.19. The number of pyridine rings is 1. The number of aromatic nitrogens is 2. The molecule has 0 spiro atoms. The van der Waals surface area contributed by atoms with Crippen LogP contribution in [0.3, 0.4) is 0 Å². The smallest absolute Gasteiger partial charge is 0.138 e. The predicted molar refractivity (Wildman–Crippen MR) is 71.4 cm³/mol. The van der Waals surface area contributed by atoms with Crippen LogP contribution in [0.4, 0.5) is 0 Å². The summed E-state index contributed by atoms with van der Waals surface area (Å²) in [6, 6.07) is 3.95. The number of aryl methyl sites for hydroxylation is 2. The lowest BCUT2D eigenvalue weighted by atomic mass is 10.1. The lowest BCUT2D eigenvalue weighted by Gasteiger charge is -2.21. The summed E-state index contributed by atoms with van der Waals surface area (Å²) in [6.45, 7) is 6.06. The molecule has 0 saturated heterocycles. The predicted octanol–water partition coefficient (Wildman–Crippen LogP) is 1.68. The summed E-state index contributed by atoms with van der Waals surface area (Å²) >= 11 is 0. The first-order valence-electron chi connectivity index (χ1n) is 6.34. The van der Waals surface area contributed by atoms with Crippen molar-refractivity contribution < 1.29 is 9.63 Å². The molecule has 0 atom stereocenters. The summed E-state index contributed by atoms with van der Waals surface area (Å²) in [5.41, 5.74) is 3.13. The van der Waals surface area contributed by atoms with E-state index in [9.17, 15) is 5.11 Å². The molecule has 0 amide bonds. The number of hydrogen-bond donors (Lipinski definition) is 1. The second kappa shape index (κ2) is 6.45. The van der Waals surface area contributed by atoms with E-state index in [-0.39, 0.29) is 6.61 Å². The Morgan fingerprint density at radius 1 is 1.32 bits per heavy atom. The minimum Gasteiger partial charge on any atom is -0.395 e. The molecular formula is C14H19N3O2. The molecule has 2 heterocycles. The molecule has 1 N–H and O–H groups in total. The van der Waals surface area contributed by atoms with E-state index in [1.54, 1.807) is 6.20 Å². The van der Waals surface area contributed by atoms with Crippen molar-refractivity contribution in [3.63, 3.8) is 0 Å². The lowest BCUT2D eigenvalue weighted by Crippen LogP contribution is -2.26. The van der Waals surface area contributed by atoms with Crippen LogP contribution in [-0.4, -0.2) is 33.3 Å². The first-order chi connectivity index (χ1) is 9.20. The van der Waals surface area contributed by atoms with Crippen LogP contribution in [0.15, 0.2) is 29.0 Å². The van der Waals surface area contributed by atoms with Crippen LogP contribution in [0.5, 0.6) is 0 Å². The number of nitrogens with zero attached hydrogens (tertiary/aromatic N) is 3. The zero-order chi connectivity index (χ0) is 13.7. The van der Waals surface area contributed by atoms with Crippen molar-refractivity contribution in [3.05, 3.63) is 47.1 Å². The van der Waals surface area contributed by atoms with Gasteiger partial charge in [-0.25, -0.2) is 0 Å². The Balaban J connectivity index is 2.08. The van der Waals surface area contributed by atoms with Gasteiger partial charge in [-0.05, 0) is 25.5 Å². The maximum atomic E-state index is 9.19. The molecule has 0 bridgehead atoms. The van der Waals surface area contributed by atoms with Gasteiger partial charge >= 0.3 is 0 Å². The molecule has 19 heavy (non-hydrogen) atoms. The Labute approximate surface area is 112 Å². The average Bonchev–Trinajstić information content (AvgIpc) is 2.72. The van der Waals surface area contributed by atoms with Crippen LogP contribution in [0.2, 0.25) is 0 Å². The standard InChI is InChI=1S/C14H19N3O2/c1-11-14(12(2)19-16-11)10-17(6-7-18)9-13-4-3-5-15-8-13/h3-5,8,18H,6-7,9-10H2,1-2H3. The third kappa shape index (κ3) is 3.62. The molecule has 0 saturated carbocycles. The van der Waals surface area contributed by atoms with Crippen molar-refractivity contribution in [2.24, 2.45) is 0 Å². The molecule has 0 aliphatic carbocycles. The van der Waals surface area contributed by atoms with Gasteiger partial charge in [0.2, 0.25) is 0 Å². The molecule has 102 valence electrons. The molecule has 2 rings (SSSR count). The monoisotopic (exact) mass is 261 g/mol. The first kappa shape index (κ1) is 13.7. The van der Waals surface area contributed by atoms with Gasteiger partial charge in [0.05, 0.1) is 12.3 Å². The maximum Gasteiger partial charge on any atom is 0.138 e. The number of aliphatic hydroxyl groups is 1. The van der Waals surface area contributed by atoms with Crippen LogP contribution in [0, 0.1) is 13.8 Å². The molecule has 0 fully saturated rings. The fourth-order valence-corrected chi connectivity index (χ4v) is 2.06. The molecule has 2 aromatic heterocycles. The van der Waals surface area contributed by atoms with E-state index >= 15 is 0 Å². The molecule has 0 aliphatic heterocycles. The zero-order valence-electron chi connectivity index (χ0n) is 11.3. The Kier molecular flexibility index (Phi) is 4.65. The van der Waals surface area contributed by atoms with Gasteiger partial charge < -0.3 is 9.63 Å². The van der Waals surface area contributed by atoms with Crippen LogP contribution in [0.25, 0.3) is 0 Å². The molecule has 0 aliphatic rings. The van der Waals surface area contributed by atoms with E-state index in [0.717, 1.165) is 35.7 Å². The van der Waals surface area contributed by atoms with Crippen LogP contribution < -0.4 is 0 Å². The normalized spacial score (nSPS) is 11.2. The molecule has 0 radical (unpaired) electrons. The quantitative estimate of drug-likeness (QED) is 0.857. The summed E-state index contributed by atoms with van der Waals surface area (Å²) in [7, 11) is 0. The fourth-order valence-electron chi connectivity index (χ4n) is 2.06. The SMILES string of the molecule is Cc1noc(C)c1CN(CCO)Cc1cccnc1. The third-order valence-electron chi connectivity index (χ3n) is 3.11. The van der Waals surface area contributed by atoms with Gasteiger partial charge in [0.1, 0.15) is 5.76 Å². The zero-order valence-corrected chi connectivity index (χ0v) is 11.3. The molecule has 5 heteroatoms. The number of aliphatic hydroxyl groups excluding tert-OH is 1. The average molecular weight is 261 g/mol. The third-order valence-corrected chi connectivity index (χ3v) is 3.11. The molecule has 0 aromatic carbocycles. The van der Waals surface area contributed by atoms with Gasteiger partial charge in [-0.2, -0.15) is 0 Å². The minimum atomic E-state index is 0.129. The Morgan fingerprint density at radius 3 is 2.74 bits per heavy atom. The van der Waals surface area contributed by atoms with E-state index in [4.69, 9.17) is 4.52 Å².